The molecule has 4 N–H and O–H groups in total. The van der Waals surface area contributed by atoms with Gasteiger partial charge in [-0.05, 0) is 41.9 Å². The summed E-state index contributed by atoms with van der Waals surface area (Å²) in [7, 11) is 0. The molecule has 3 aliphatic rings. The Morgan fingerprint density at radius 2 is 1.80 bits per heavy atom. The fraction of sp³-hybridized carbons (Fsp3) is 0.778. The molecule has 8 heteroatoms. The molecular formula is C27H44N4O4. The normalized spacial score (nSPS) is 27.8. The number of amides is 3. The van der Waals surface area contributed by atoms with E-state index in [0.29, 0.717) is 19.4 Å². The Bertz CT molecular complexity index is 848. The van der Waals surface area contributed by atoms with Crippen molar-refractivity contribution < 1.29 is 19.2 Å². The molecule has 0 radical (unpaired) electrons. The van der Waals surface area contributed by atoms with Gasteiger partial charge in [0.25, 0.3) is 5.91 Å². The quantitative estimate of drug-likeness (QED) is 0.304. The van der Waals surface area contributed by atoms with Gasteiger partial charge in [-0.3, -0.25) is 19.2 Å². The van der Waals surface area contributed by atoms with Crippen molar-refractivity contribution in [3.8, 4) is 0 Å². The van der Waals surface area contributed by atoms with Crippen molar-refractivity contribution in [1.29, 1.82) is 0 Å². The molecule has 3 rings (SSSR count). The standard InChI is InChI=1S/C27H44N4O4/c1-6-8-12-18(21(32)24(34)29-15-7-2)30-23(33)20-19-17(26(19,3)4)16-31(20)25(35)22(28)27(5)13-10-9-11-14-27/h7,17-20,22H,2,6,8-16,28H2,1,3-5H3,(H,29,34)(H,30,33)/t17?,18?,19?,20-,22+/m0/s1. The number of carbonyl (C=O) groups excluding carboxylic acids is 4. The number of likely N-dealkylation sites (tertiary alicyclic amines) is 1. The van der Waals surface area contributed by atoms with E-state index in [1.54, 1.807) is 4.90 Å². The zero-order valence-electron chi connectivity index (χ0n) is 21.9. The first-order valence-corrected chi connectivity index (χ1v) is 13.3. The zero-order chi connectivity index (χ0) is 26.0. The third-order valence-electron chi connectivity index (χ3n) is 8.88. The largest absolute Gasteiger partial charge is 0.346 e. The van der Waals surface area contributed by atoms with E-state index >= 15 is 0 Å². The minimum Gasteiger partial charge on any atom is -0.346 e. The summed E-state index contributed by atoms with van der Waals surface area (Å²) in [5, 5.41) is 5.35. The van der Waals surface area contributed by atoms with Gasteiger partial charge < -0.3 is 21.3 Å². The van der Waals surface area contributed by atoms with Crippen LogP contribution in [0.5, 0.6) is 0 Å². The summed E-state index contributed by atoms with van der Waals surface area (Å²) in [6.07, 6.45) is 8.51. The molecule has 0 aromatic rings. The molecule has 3 fully saturated rings. The highest BCUT2D eigenvalue weighted by Crippen LogP contribution is 2.65. The van der Waals surface area contributed by atoms with Crippen molar-refractivity contribution in [2.45, 2.75) is 97.2 Å². The number of piperidine rings is 1. The van der Waals surface area contributed by atoms with E-state index in [1.807, 2.05) is 6.92 Å². The summed E-state index contributed by atoms with van der Waals surface area (Å²) >= 11 is 0. The SMILES string of the molecule is C=CCNC(=O)C(=O)C(CCCC)NC(=O)[C@@H]1C2C(CN1C(=O)[C@@H](N)C1(C)CCCCC1)C2(C)C. The molecule has 0 aromatic heterocycles. The summed E-state index contributed by atoms with van der Waals surface area (Å²) in [6, 6.07) is -2.25. The second-order valence-electron chi connectivity index (χ2n) is 11.6. The molecule has 35 heavy (non-hydrogen) atoms. The van der Waals surface area contributed by atoms with Crippen molar-refractivity contribution in [3.05, 3.63) is 12.7 Å². The molecule has 0 spiro atoms. The van der Waals surface area contributed by atoms with Crippen LogP contribution in [0.1, 0.15) is 79.1 Å². The molecule has 3 amide bonds. The van der Waals surface area contributed by atoms with Gasteiger partial charge in [-0.2, -0.15) is 0 Å². The minimum absolute atomic E-state index is 0.0225. The lowest BCUT2D eigenvalue weighted by Crippen LogP contribution is -2.59. The van der Waals surface area contributed by atoms with E-state index in [9.17, 15) is 19.2 Å². The summed E-state index contributed by atoms with van der Waals surface area (Å²) in [5.41, 5.74) is 6.24. The predicted molar refractivity (Wildman–Crippen MR) is 135 cm³/mol. The first kappa shape index (κ1) is 27.4. The number of fused-ring (bicyclic) bond motifs is 1. The van der Waals surface area contributed by atoms with Crippen LogP contribution in [-0.4, -0.2) is 59.6 Å². The minimum atomic E-state index is -0.922. The van der Waals surface area contributed by atoms with E-state index < -0.39 is 29.8 Å². The fourth-order valence-electron chi connectivity index (χ4n) is 6.30. The average molecular weight is 489 g/mol. The number of ketones is 1. The average Bonchev–Trinajstić information content (AvgIpc) is 3.17. The van der Waals surface area contributed by atoms with Crippen LogP contribution in [0.25, 0.3) is 0 Å². The zero-order valence-corrected chi connectivity index (χ0v) is 21.9. The summed E-state index contributed by atoms with van der Waals surface area (Å²) in [5.74, 6) is -1.67. The maximum Gasteiger partial charge on any atom is 0.289 e. The van der Waals surface area contributed by atoms with Gasteiger partial charge in [-0.25, -0.2) is 0 Å². The van der Waals surface area contributed by atoms with Gasteiger partial charge in [0.1, 0.15) is 6.04 Å². The van der Waals surface area contributed by atoms with Crippen LogP contribution >= 0.6 is 0 Å². The topological polar surface area (TPSA) is 122 Å². The Hall–Kier alpha value is -2.22. The molecule has 1 heterocycles. The molecular weight excluding hydrogens is 444 g/mol. The predicted octanol–water partition coefficient (Wildman–Crippen LogP) is 2.31. The third-order valence-corrected chi connectivity index (χ3v) is 8.88. The Morgan fingerprint density at radius 3 is 2.40 bits per heavy atom. The second kappa shape index (κ2) is 10.8. The van der Waals surface area contributed by atoms with Crippen molar-refractivity contribution >= 4 is 23.5 Å². The highest BCUT2D eigenvalue weighted by atomic mass is 16.2. The van der Waals surface area contributed by atoms with Gasteiger partial charge >= 0.3 is 0 Å². The number of nitrogens with one attached hydrogen (secondary N) is 2. The van der Waals surface area contributed by atoms with Crippen LogP contribution in [0, 0.1) is 22.7 Å². The Kier molecular flexibility index (Phi) is 8.45. The fourth-order valence-corrected chi connectivity index (χ4v) is 6.30. The van der Waals surface area contributed by atoms with Gasteiger partial charge in [0.15, 0.2) is 0 Å². The number of nitrogens with zero attached hydrogens (tertiary/aromatic N) is 1. The number of hydrogen-bond acceptors (Lipinski definition) is 5. The van der Waals surface area contributed by atoms with Gasteiger partial charge in [0.2, 0.25) is 17.6 Å². The number of hydrogen-bond donors (Lipinski definition) is 3. The van der Waals surface area contributed by atoms with Crippen LogP contribution in [-0.2, 0) is 19.2 Å². The first-order chi connectivity index (χ1) is 16.5. The second-order valence-corrected chi connectivity index (χ2v) is 11.6. The molecule has 0 aromatic carbocycles. The molecule has 196 valence electrons. The van der Waals surface area contributed by atoms with Gasteiger partial charge in [0, 0.05) is 13.1 Å². The van der Waals surface area contributed by atoms with Gasteiger partial charge in [-0.15, -0.1) is 6.58 Å². The highest BCUT2D eigenvalue weighted by molar-refractivity contribution is 6.38. The number of nitrogens with two attached hydrogens (primary N) is 1. The third kappa shape index (κ3) is 5.47. The summed E-state index contributed by atoms with van der Waals surface area (Å²) in [4.78, 5) is 54.1. The summed E-state index contributed by atoms with van der Waals surface area (Å²) < 4.78 is 0. The maximum atomic E-state index is 13.6. The van der Waals surface area contributed by atoms with E-state index in [4.69, 9.17) is 5.73 Å². The highest BCUT2D eigenvalue weighted by Gasteiger charge is 2.69. The molecule has 0 bridgehead atoms. The number of carbonyl (C=O) groups is 4. The van der Waals surface area contributed by atoms with Crippen LogP contribution in [0.3, 0.4) is 0 Å². The van der Waals surface area contributed by atoms with E-state index in [0.717, 1.165) is 38.5 Å². The van der Waals surface area contributed by atoms with Crippen LogP contribution in [0.4, 0.5) is 0 Å². The van der Waals surface area contributed by atoms with Crippen LogP contribution in [0.15, 0.2) is 12.7 Å². The van der Waals surface area contributed by atoms with E-state index in [-0.39, 0.29) is 41.0 Å². The lowest BCUT2D eigenvalue weighted by molar-refractivity contribution is -0.145. The van der Waals surface area contributed by atoms with Gasteiger partial charge in [0.05, 0.1) is 12.1 Å². The lowest BCUT2D eigenvalue weighted by atomic mass is 9.70. The molecule has 1 saturated heterocycles. The Balaban J connectivity index is 1.78. The van der Waals surface area contributed by atoms with E-state index in [2.05, 4.69) is 38.0 Å². The van der Waals surface area contributed by atoms with Gasteiger partial charge in [-0.1, -0.05) is 65.9 Å². The number of Topliss-reactive ketones (excluding diaryl/α,β-unsaturated/α-hetero) is 1. The molecule has 2 saturated carbocycles. The molecule has 2 aliphatic carbocycles. The molecule has 5 atom stereocenters. The maximum absolute atomic E-state index is 13.6. The molecule has 1 aliphatic heterocycles. The number of rotatable bonds is 11. The van der Waals surface area contributed by atoms with Crippen molar-refractivity contribution in [1.82, 2.24) is 15.5 Å². The Labute approximate surface area is 209 Å². The smallest absolute Gasteiger partial charge is 0.289 e. The lowest BCUT2D eigenvalue weighted by Gasteiger charge is -2.41. The first-order valence-electron chi connectivity index (χ1n) is 13.3. The van der Waals surface area contributed by atoms with Crippen LogP contribution < -0.4 is 16.4 Å². The molecule has 3 unspecified atom stereocenters. The van der Waals surface area contributed by atoms with Crippen LogP contribution in [0.2, 0.25) is 0 Å². The molecule has 8 nitrogen and oxygen atoms in total. The Morgan fingerprint density at radius 1 is 1.14 bits per heavy atom. The van der Waals surface area contributed by atoms with Crippen molar-refractivity contribution in [2.24, 2.45) is 28.4 Å². The van der Waals surface area contributed by atoms with Crippen molar-refractivity contribution in [2.75, 3.05) is 13.1 Å². The summed E-state index contributed by atoms with van der Waals surface area (Å²) in [6.45, 7) is 12.6. The van der Waals surface area contributed by atoms with Crippen molar-refractivity contribution in [3.63, 3.8) is 0 Å². The van der Waals surface area contributed by atoms with E-state index in [1.165, 1.54) is 6.08 Å². The monoisotopic (exact) mass is 488 g/mol. The number of unbranched alkanes of at least 4 members (excludes halogenated alkanes) is 1.